The number of carbonyl (C=O) groups is 1. The average Bonchev–Trinajstić information content (AvgIpc) is 3.02. The molecule has 4 heterocycles. The molecule has 0 saturated carbocycles. The maximum absolute atomic E-state index is 15.5. The van der Waals surface area contributed by atoms with E-state index in [1.165, 1.54) is 16.7 Å². The van der Waals surface area contributed by atoms with Crippen molar-refractivity contribution in [3.8, 4) is 23.0 Å². The number of piperazine rings is 1. The lowest BCUT2D eigenvalue weighted by Gasteiger charge is -2.36. The van der Waals surface area contributed by atoms with Gasteiger partial charge in [0.1, 0.15) is 22.3 Å². The van der Waals surface area contributed by atoms with Crippen molar-refractivity contribution in [3.05, 3.63) is 84.9 Å². The zero-order chi connectivity index (χ0) is 32.9. The Bertz CT molecular complexity index is 1990. The molecule has 0 aliphatic carbocycles. The molecule has 0 bridgehead atoms. The molecular formula is C31H26Cl3F2N7O2. The second-order valence-electron chi connectivity index (χ2n) is 10.7. The molecule has 1 amide bonds. The first-order valence-corrected chi connectivity index (χ1v) is 14.9. The summed E-state index contributed by atoms with van der Waals surface area (Å²) in [6.45, 7) is 10.2. The lowest BCUT2D eigenvalue weighted by atomic mass is 10.0. The summed E-state index contributed by atoms with van der Waals surface area (Å²) in [5.74, 6) is -3.28. The van der Waals surface area contributed by atoms with Gasteiger partial charge in [-0.15, -0.1) is 0 Å². The van der Waals surface area contributed by atoms with Crippen LogP contribution < -0.4 is 16.2 Å². The summed E-state index contributed by atoms with van der Waals surface area (Å²) >= 11 is 19.0. The van der Waals surface area contributed by atoms with E-state index in [9.17, 15) is 19.2 Å². The van der Waals surface area contributed by atoms with Crippen LogP contribution in [0, 0.1) is 29.9 Å². The highest BCUT2D eigenvalue weighted by Crippen LogP contribution is 2.44. The number of anilines is 2. The Morgan fingerprint density at radius 2 is 1.80 bits per heavy atom. The summed E-state index contributed by atoms with van der Waals surface area (Å²) in [6.07, 6.45) is 2.83. The molecule has 0 radical (unpaired) electrons. The van der Waals surface area contributed by atoms with Gasteiger partial charge >= 0.3 is 0 Å². The zero-order valence-electron chi connectivity index (χ0n) is 24.4. The van der Waals surface area contributed by atoms with Crippen LogP contribution in [0.25, 0.3) is 28.0 Å². The van der Waals surface area contributed by atoms with E-state index in [4.69, 9.17) is 40.5 Å². The fourth-order valence-corrected chi connectivity index (χ4v) is 6.24. The van der Waals surface area contributed by atoms with Gasteiger partial charge in [-0.05, 0) is 36.6 Å². The Morgan fingerprint density at radius 1 is 1.13 bits per heavy atom. The lowest BCUT2D eigenvalue weighted by Crippen LogP contribution is -2.49. The number of benzene rings is 1. The van der Waals surface area contributed by atoms with Gasteiger partial charge in [0.2, 0.25) is 5.91 Å². The van der Waals surface area contributed by atoms with Crippen molar-refractivity contribution in [3.63, 3.8) is 0 Å². The van der Waals surface area contributed by atoms with E-state index >= 15 is 4.39 Å². The van der Waals surface area contributed by atoms with E-state index in [2.05, 4.69) is 22.6 Å². The third kappa shape index (κ3) is 5.27. The minimum absolute atomic E-state index is 0.0135. The van der Waals surface area contributed by atoms with Crippen molar-refractivity contribution in [2.24, 2.45) is 0 Å². The molecule has 1 aliphatic rings. The SMILES string of the molecule is C=CC(=O)N1CCN(c2c(C#N)c(=O)n(-c3c(C)ccnc3C(C)C)c3nc(-c4c(F)c(F)c(Cl)c(N)c4Cl)c(Cl)cc23)CC1. The molecule has 4 aromatic rings. The molecule has 232 valence electrons. The van der Waals surface area contributed by atoms with Gasteiger partial charge in [0.15, 0.2) is 11.6 Å². The smallest absolute Gasteiger partial charge is 0.276 e. The van der Waals surface area contributed by atoms with Crippen molar-refractivity contribution in [1.29, 1.82) is 5.26 Å². The summed E-state index contributed by atoms with van der Waals surface area (Å²) in [6, 6.07) is 5.19. The number of nitrogen functional groups attached to an aromatic ring is 1. The van der Waals surface area contributed by atoms with E-state index in [1.807, 2.05) is 13.8 Å². The van der Waals surface area contributed by atoms with Gasteiger partial charge in [-0.1, -0.05) is 55.2 Å². The van der Waals surface area contributed by atoms with Gasteiger partial charge in [0.25, 0.3) is 5.56 Å². The Kier molecular flexibility index (Phi) is 8.77. The molecule has 1 aromatic carbocycles. The molecule has 14 heteroatoms. The first-order valence-electron chi connectivity index (χ1n) is 13.8. The predicted octanol–water partition coefficient (Wildman–Crippen LogP) is 6.41. The topological polar surface area (TPSA) is 121 Å². The Balaban J connectivity index is 1.93. The number of aromatic nitrogens is 3. The minimum Gasteiger partial charge on any atom is -0.396 e. The van der Waals surface area contributed by atoms with Gasteiger partial charge in [0.05, 0.1) is 44.1 Å². The largest absolute Gasteiger partial charge is 0.396 e. The summed E-state index contributed by atoms with van der Waals surface area (Å²) < 4.78 is 31.5. The van der Waals surface area contributed by atoms with E-state index in [0.717, 1.165) is 0 Å². The molecule has 45 heavy (non-hydrogen) atoms. The average molecular weight is 673 g/mol. The van der Waals surface area contributed by atoms with Crippen LogP contribution in [0.2, 0.25) is 15.1 Å². The molecule has 0 unspecified atom stereocenters. The van der Waals surface area contributed by atoms with Crippen LogP contribution in [0.3, 0.4) is 0 Å². The van der Waals surface area contributed by atoms with Crippen molar-refractivity contribution < 1.29 is 13.6 Å². The number of hydrogen-bond donors (Lipinski definition) is 1. The van der Waals surface area contributed by atoms with E-state index in [0.29, 0.717) is 30.0 Å². The highest BCUT2D eigenvalue weighted by Gasteiger charge is 2.31. The van der Waals surface area contributed by atoms with E-state index in [-0.39, 0.29) is 57.9 Å². The van der Waals surface area contributed by atoms with Gasteiger partial charge in [0, 0.05) is 37.8 Å². The number of fused-ring (bicyclic) bond motifs is 1. The van der Waals surface area contributed by atoms with Crippen molar-refractivity contribution in [1.82, 2.24) is 19.4 Å². The third-order valence-corrected chi connectivity index (χ3v) is 8.78. The summed E-state index contributed by atoms with van der Waals surface area (Å²) in [4.78, 5) is 39.2. The number of aryl methyl sites for hydroxylation is 1. The molecule has 9 nitrogen and oxygen atoms in total. The lowest BCUT2D eigenvalue weighted by molar-refractivity contribution is -0.126. The first kappa shape index (κ1) is 32.2. The number of rotatable bonds is 5. The fourth-order valence-electron chi connectivity index (χ4n) is 5.50. The number of nitrogens with zero attached hydrogens (tertiary/aromatic N) is 6. The fraction of sp³-hybridized carbons (Fsp3) is 0.258. The maximum Gasteiger partial charge on any atom is 0.276 e. The number of halogens is 5. The maximum atomic E-state index is 15.5. The van der Waals surface area contributed by atoms with Gasteiger partial charge in [-0.3, -0.25) is 19.1 Å². The van der Waals surface area contributed by atoms with Gasteiger partial charge < -0.3 is 15.5 Å². The molecule has 5 rings (SSSR count). The summed E-state index contributed by atoms with van der Waals surface area (Å²) in [5.41, 5.74) is 5.51. The van der Waals surface area contributed by atoms with Crippen LogP contribution in [0.1, 0.15) is 36.6 Å². The van der Waals surface area contributed by atoms with Crippen LogP contribution in [0.4, 0.5) is 20.2 Å². The van der Waals surface area contributed by atoms with Crippen LogP contribution in [0.5, 0.6) is 0 Å². The van der Waals surface area contributed by atoms with Crippen molar-refractivity contribution >= 4 is 63.1 Å². The number of hydrogen-bond acceptors (Lipinski definition) is 7. The van der Waals surface area contributed by atoms with Crippen LogP contribution >= 0.6 is 34.8 Å². The molecule has 1 saturated heterocycles. The number of pyridine rings is 3. The molecule has 1 aliphatic heterocycles. The number of carbonyl (C=O) groups excluding carboxylic acids is 1. The van der Waals surface area contributed by atoms with Crippen LogP contribution in [0.15, 0.2) is 35.8 Å². The zero-order valence-corrected chi connectivity index (χ0v) is 26.7. The van der Waals surface area contributed by atoms with Crippen molar-refractivity contribution in [2.45, 2.75) is 26.7 Å². The van der Waals surface area contributed by atoms with Gasteiger partial charge in [-0.2, -0.15) is 5.26 Å². The van der Waals surface area contributed by atoms with E-state index < -0.39 is 38.5 Å². The second kappa shape index (κ2) is 12.3. The highest BCUT2D eigenvalue weighted by atomic mass is 35.5. The predicted molar refractivity (Wildman–Crippen MR) is 172 cm³/mol. The standard InChI is InChI=1S/C31H26Cl3F2N7O2/c1-5-19(44)41-8-10-42(11-9-41)29-16-12-18(32)27(20-21(33)25(38)22(34)24(36)23(20)35)40-30(16)43(31(45)17(29)13-37)28-15(4)6-7-39-26(28)14(2)3/h5-7,12,14H,1,8-11,38H2,2-4H3. The van der Waals surface area contributed by atoms with E-state index in [1.54, 1.807) is 29.0 Å². The normalized spacial score (nSPS) is 13.4. The quantitative estimate of drug-likeness (QED) is 0.113. The van der Waals surface area contributed by atoms with Crippen molar-refractivity contribution in [2.75, 3.05) is 36.8 Å². The summed E-state index contributed by atoms with van der Waals surface area (Å²) in [7, 11) is 0. The molecule has 0 spiro atoms. The van der Waals surface area contributed by atoms with Crippen LogP contribution in [-0.2, 0) is 4.79 Å². The molecular weight excluding hydrogens is 647 g/mol. The second-order valence-corrected chi connectivity index (χ2v) is 11.9. The summed E-state index contributed by atoms with van der Waals surface area (Å²) in [5, 5.41) is 9.38. The molecule has 2 N–H and O–H groups in total. The van der Waals surface area contributed by atoms with Gasteiger partial charge in [-0.25, -0.2) is 13.8 Å². The molecule has 0 atom stereocenters. The monoisotopic (exact) mass is 671 g/mol. The highest BCUT2D eigenvalue weighted by molar-refractivity contribution is 6.41. The van der Waals surface area contributed by atoms with Crippen LogP contribution in [-0.4, -0.2) is 51.5 Å². The number of nitrogens with two attached hydrogens (primary N) is 1. The third-order valence-electron chi connectivity index (χ3n) is 7.73. The Labute approximate surface area is 272 Å². The first-order chi connectivity index (χ1) is 21.3. The molecule has 3 aromatic heterocycles. The minimum atomic E-state index is -1.44. The Hall–Kier alpha value is -4.24. The number of nitriles is 1. The number of amides is 1. The Morgan fingerprint density at radius 3 is 2.40 bits per heavy atom. The molecule has 1 fully saturated rings.